The third-order valence-electron chi connectivity index (χ3n) is 2.71. The molecule has 2 amide bonds. The van der Waals surface area contributed by atoms with Crippen LogP contribution >= 0.6 is 12.4 Å². The van der Waals surface area contributed by atoms with Crippen LogP contribution < -0.4 is 16.4 Å². The lowest BCUT2D eigenvalue weighted by Crippen LogP contribution is -2.40. The summed E-state index contributed by atoms with van der Waals surface area (Å²) in [6.07, 6.45) is 4.44. The van der Waals surface area contributed by atoms with Gasteiger partial charge in [0.2, 0.25) is 11.8 Å². The van der Waals surface area contributed by atoms with E-state index in [-0.39, 0.29) is 43.1 Å². The molecule has 0 radical (unpaired) electrons. The third kappa shape index (κ3) is 12.0. The van der Waals surface area contributed by atoms with Crippen molar-refractivity contribution in [3.8, 4) is 0 Å². The van der Waals surface area contributed by atoms with Gasteiger partial charge in [-0.15, -0.1) is 12.4 Å². The van der Waals surface area contributed by atoms with Crippen molar-refractivity contribution in [2.75, 3.05) is 13.1 Å². The molecule has 0 aliphatic heterocycles. The van der Waals surface area contributed by atoms with Gasteiger partial charge in [0.25, 0.3) is 0 Å². The van der Waals surface area contributed by atoms with Gasteiger partial charge in [0.1, 0.15) is 0 Å². The van der Waals surface area contributed by atoms with Crippen molar-refractivity contribution < 1.29 is 9.59 Å². The Morgan fingerprint density at radius 1 is 1.11 bits per heavy atom. The predicted molar refractivity (Wildman–Crippen MR) is 80.3 cm³/mol. The quantitative estimate of drug-likeness (QED) is 0.568. The van der Waals surface area contributed by atoms with Crippen molar-refractivity contribution in [1.29, 1.82) is 0 Å². The summed E-state index contributed by atoms with van der Waals surface area (Å²) in [5.74, 6) is -0.155. The Hall–Kier alpha value is -0.810. The lowest BCUT2D eigenvalue weighted by molar-refractivity contribution is -0.126. The summed E-state index contributed by atoms with van der Waals surface area (Å²) in [4.78, 5) is 22.9. The molecule has 1 unspecified atom stereocenters. The van der Waals surface area contributed by atoms with Gasteiger partial charge in [-0.25, -0.2) is 0 Å². The normalized spacial score (nSPS) is 11.3. The van der Waals surface area contributed by atoms with Crippen LogP contribution in [0.5, 0.6) is 0 Å². The van der Waals surface area contributed by atoms with Gasteiger partial charge in [0.15, 0.2) is 0 Å². The highest BCUT2D eigenvalue weighted by Gasteiger charge is 2.11. The van der Waals surface area contributed by atoms with Gasteiger partial charge in [0, 0.05) is 32.0 Å². The van der Waals surface area contributed by atoms with Crippen LogP contribution in [0.4, 0.5) is 0 Å². The molecule has 0 saturated heterocycles. The number of nitrogens with two attached hydrogens (primary N) is 1. The maximum atomic E-state index is 11.6. The number of hydrogen-bond acceptors (Lipinski definition) is 3. The Kier molecular flexibility index (Phi) is 14.7. The maximum Gasteiger partial charge on any atom is 0.220 e. The molecule has 0 aliphatic rings. The molecule has 0 fully saturated rings. The molecule has 0 aromatic rings. The zero-order valence-electron chi connectivity index (χ0n) is 12.0. The second-order valence-corrected chi connectivity index (χ2v) is 4.49. The highest BCUT2D eigenvalue weighted by molar-refractivity contribution is 5.85. The molecule has 5 nitrogen and oxygen atoms in total. The average Bonchev–Trinajstić information content (AvgIpc) is 2.38. The van der Waals surface area contributed by atoms with Gasteiger partial charge < -0.3 is 16.4 Å². The number of rotatable bonds is 10. The standard InChI is InChI=1S/C13H27N3O2.ClH/c1-3-5-6-11(10-14)16-13(18)8-7-12(17)15-9-4-2;/h11H,3-10,14H2,1-2H3,(H,15,17)(H,16,18);1H. The van der Waals surface area contributed by atoms with Crippen LogP contribution in [0, 0.1) is 0 Å². The van der Waals surface area contributed by atoms with Crippen molar-refractivity contribution in [3.63, 3.8) is 0 Å². The van der Waals surface area contributed by atoms with Gasteiger partial charge >= 0.3 is 0 Å². The molecule has 4 N–H and O–H groups in total. The number of carbonyl (C=O) groups is 2. The Bertz CT molecular complexity index is 250. The van der Waals surface area contributed by atoms with Gasteiger partial charge in [0.05, 0.1) is 0 Å². The summed E-state index contributed by atoms with van der Waals surface area (Å²) in [6.45, 7) is 5.22. The highest BCUT2D eigenvalue weighted by Crippen LogP contribution is 2.00. The molecule has 0 aliphatic carbocycles. The molecule has 0 heterocycles. The van der Waals surface area contributed by atoms with Crippen molar-refractivity contribution in [3.05, 3.63) is 0 Å². The monoisotopic (exact) mass is 293 g/mol. The minimum atomic E-state index is -0.0896. The van der Waals surface area contributed by atoms with Crippen molar-refractivity contribution >= 4 is 24.2 Å². The molecule has 1 atom stereocenters. The SMILES string of the molecule is CCCCC(CN)NC(=O)CCC(=O)NCCC.Cl. The van der Waals surface area contributed by atoms with Crippen LogP contribution in [-0.2, 0) is 9.59 Å². The summed E-state index contributed by atoms with van der Waals surface area (Å²) >= 11 is 0. The van der Waals surface area contributed by atoms with E-state index in [1.807, 2.05) is 6.92 Å². The fourth-order valence-corrected chi connectivity index (χ4v) is 1.58. The van der Waals surface area contributed by atoms with Crippen LogP contribution in [0.3, 0.4) is 0 Å². The van der Waals surface area contributed by atoms with Crippen molar-refractivity contribution in [2.45, 2.75) is 58.4 Å². The summed E-state index contributed by atoms with van der Waals surface area (Å²) in [5, 5.41) is 5.61. The first-order chi connectivity index (χ1) is 8.63. The van der Waals surface area contributed by atoms with Gasteiger partial charge in [-0.1, -0.05) is 26.7 Å². The lowest BCUT2D eigenvalue weighted by Gasteiger charge is -2.16. The van der Waals surface area contributed by atoms with Gasteiger partial charge in [-0.3, -0.25) is 9.59 Å². The molecule has 6 heteroatoms. The summed E-state index contributed by atoms with van der Waals surface area (Å²) < 4.78 is 0. The summed E-state index contributed by atoms with van der Waals surface area (Å²) in [7, 11) is 0. The largest absolute Gasteiger partial charge is 0.356 e. The first-order valence-electron chi connectivity index (χ1n) is 6.90. The van der Waals surface area contributed by atoms with Crippen LogP contribution in [0.25, 0.3) is 0 Å². The molecule has 0 spiro atoms. The second kappa shape index (κ2) is 13.6. The highest BCUT2D eigenvalue weighted by atomic mass is 35.5. The smallest absolute Gasteiger partial charge is 0.220 e. The van der Waals surface area contributed by atoms with Crippen LogP contribution in [0.2, 0.25) is 0 Å². The van der Waals surface area contributed by atoms with E-state index in [0.29, 0.717) is 13.1 Å². The number of hydrogen-bond donors (Lipinski definition) is 3. The van der Waals surface area contributed by atoms with E-state index < -0.39 is 0 Å². The van der Waals surface area contributed by atoms with Crippen LogP contribution in [0.15, 0.2) is 0 Å². The molecule has 0 rings (SSSR count). The fourth-order valence-electron chi connectivity index (χ4n) is 1.58. The van der Waals surface area contributed by atoms with E-state index in [4.69, 9.17) is 5.73 Å². The molecule has 19 heavy (non-hydrogen) atoms. The molecular weight excluding hydrogens is 266 g/mol. The lowest BCUT2D eigenvalue weighted by atomic mass is 10.1. The van der Waals surface area contributed by atoms with E-state index in [2.05, 4.69) is 17.6 Å². The average molecular weight is 294 g/mol. The molecule has 114 valence electrons. The molecule has 0 aromatic carbocycles. The van der Waals surface area contributed by atoms with E-state index in [1.165, 1.54) is 0 Å². The number of unbranched alkanes of at least 4 members (excludes halogenated alkanes) is 1. The molecule has 0 aromatic heterocycles. The first kappa shape index (κ1) is 20.5. The molecule has 0 saturated carbocycles. The first-order valence-corrected chi connectivity index (χ1v) is 6.90. The summed E-state index contributed by atoms with van der Waals surface area (Å²) in [6, 6.07) is 0.0381. The number of nitrogens with one attached hydrogen (secondary N) is 2. The summed E-state index contributed by atoms with van der Waals surface area (Å²) in [5.41, 5.74) is 5.59. The zero-order valence-corrected chi connectivity index (χ0v) is 12.9. The maximum absolute atomic E-state index is 11.6. The van der Waals surface area contributed by atoms with Crippen molar-refractivity contribution in [1.82, 2.24) is 10.6 Å². The topological polar surface area (TPSA) is 84.2 Å². The Balaban J connectivity index is 0. The van der Waals surface area contributed by atoms with E-state index in [9.17, 15) is 9.59 Å². The minimum Gasteiger partial charge on any atom is -0.356 e. The number of carbonyl (C=O) groups excluding carboxylic acids is 2. The van der Waals surface area contributed by atoms with Gasteiger partial charge in [-0.05, 0) is 12.8 Å². The molecular formula is C13H28ClN3O2. The Morgan fingerprint density at radius 2 is 1.74 bits per heavy atom. The Morgan fingerprint density at radius 3 is 2.26 bits per heavy atom. The molecule has 0 bridgehead atoms. The third-order valence-corrected chi connectivity index (χ3v) is 2.71. The zero-order chi connectivity index (χ0) is 13.8. The van der Waals surface area contributed by atoms with E-state index in [1.54, 1.807) is 0 Å². The predicted octanol–water partition coefficient (Wildman–Crippen LogP) is 1.35. The van der Waals surface area contributed by atoms with Crippen molar-refractivity contribution in [2.24, 2.45) is 5.73 Å². The van der Waals surface area contributed by atoms with Crippen LogP contribution in [0.1, 0.15) is 52.4 Å². The van der Waals surface area contributed by atoms with Gasteiger partial charge in [-0.2, -0.15) is 0 Å². The number of halogens is 1. The van der Waals surface area contributed by atoms with E-state index in [0.717, 1.165) is 25.7 Å². The number of amides is 2. The minimum absolute atomic E-state index is 0. The Labute approximate surface area is 122 Å². The second-order valence-electron chi connectivity index (χ2n) is 4.49. The van der Waals surface area contributed by atoms with Crippen LogP contribution in [-0.4, -0.2) is 30.9 Å². The van der Waals surface area contributed by atoms with E-state index >= 15 is 0 Å². The fraction of sp³-hybridized carbons (Fsp3) is 0.846.